The minimum absolute atomic E-state index is 0.0276. The first-order valence-corrected chi connectivity index (χ1v) is 10.6. The van der Waals surface area contributed by atoms with Crippen molar-refractivity contribution in [1.82, 2.24) is 14.9 Å². The number of carbonyl (C=O) groups is 1. The Morgan fingerprint density at radius 3 is 2.59 bits per heavy atom. The smallest absolute Gasteiger partial charge is 0.337 e. The van der Waals surface area contributed by atoms with Gasteiger partial charge in [-0.2, -0.15) is 13.2 Å². The van der Waals surface area contributed by atoms with E-state index in [1.807, 2.05) is 18.7 Å². The largest absolute Gasteiger partial charge is 0.433 e. The monoisotopic (exact) mass is 415 g/mol. The van der Waals surface area contributed by atoms with Gasteiger partial charge in [-0.3, -0.25) is 4.79 Å². The molecule has 4 nitrogen and oxygen atoms in total. The number of amides is 1. The molecular formula is C18H20F3N3OS2. The number of aromatic nitrogens is 2. The molecule has 0 saturated carbocycles. The maximum Gasteiger partial charge on any atom is 0.433 e. The molecule has 0 unspecified atom stereocenters. The minimum Gasteiger partial charge on any atom is -0.337 e. The van der Waals surface area contributed by atoms with Crippen LogP contribution in [0.3, 0.4) is 0 Å². The molecular weight excluding hydrogens is 395 g/mol. The summed E-state index contributed by atoms with van der Waals surface area (Å²) in [6.45, 7) is 4.02. The van der Waals surface area contributed by atoms with Crippen molar-refractivity contribution in [3.8, 4) is 10.6 Å². The molecule has 2 aromatic heterocycles. The second kappa shape index (κ2) is 8.18. The molecule has 0 aromatic carbocycles. The Hall–Kier alpha value is -1.61. The number of halogens is 3. The lowest BCUT2D eigenvalue weighted by Gasteiger charge is -2.39. The quantitative estimate of drug-likeness (QED) is 0.515. The molecule has 0 radical (unpaired) electrons. The number of thiophene rings is 1. The summed E-state index contributed by atoms with van der Waals surface area (Å²) in [5.74, 6) is -0.0572. The highest BCUT2D eigenvalue weighted by Crippen LogP contribution is 2.33. The fraction of sp³-hybridized carbons (Fsp3) is 0.500. The van der Waals surface area contributed by atoms with Crippen LogP contribution >= 0.6 is 23.1 Å². The number of carbonyl (C=O) groups excluding carboxylic acids is 1. The van der Waals surface area contributed by atoms with Crippen molar-refractivity contribution < 1.29 is 18.0 Å². The van der Waals surface area contributed by atoms with Crippen LogP contribution in [0.25, 0.3) is 10.6 Å². The summed E-state index contributed by atoms with van der Waals surface area (Å²) < 4.78 is 39.6. The fourth-order valence-electron chi connectivity index (χ4n) is 3.30. The topological polar surface area (TPSA) is 46.1 Å². The summed E-state index contributed by atoms with van der Waals surface area (Å²) >= 11 is 2.27. The number of hydrogen-bond acceptors (Lipinski definition) is 5. The molecule has 3 rings (SSSR count). The number of piperidine rings is 1. The molecule has 2 aromatic rings. The number of alkyl halides is 3. The molecule has 27 heavy (non-hydrogen) atoms. The molecule has 2 atom stereocenters. The van der Waals surface area contributed by atoms with Crippen LogP contribution < -0.4 is 0 Å². The minimum atomic E-state index is -4.57. The fourth-order valence-corrected chi connectivity index (χ4v) is 4.71. The molecule has 1 amide bonds. The van der Waals surface area contributed by atoms with Crippen LogP contribution in [0.2, 0.25) is 0 Å². The van der Waals surface area contributed by atoms with Gasteiger partial charge in [0.1, 0.15) is 5.69 Å². The first kappa shape index (κ1) is 20.1. The van der Waals surface area contributed by atoms with Crippen molar-refractivity contribution in [2.75, 3.05) is 5.75 Å². The van der Waals surface area contributed by atoms with Crippen molar-refractivity contribution >= 4 is 29.0 Å². The van der Waals surface area contributed by atoms with Crippen molar-refractivity contribution in [2.24, 2.45) is 0 Å². The van der Waals surface area contributed by atoms with Gasteiger partial charge in [0, 0.05) is 12.1 Å². The van der Waals surface area contributed by atoms with Gasteiger partial charge in [-0.05, 0) is 50.6 Å². The SMILES string of the molecule is C[C@@H]1CCC[C@H](C)N1C(=O)CSc1nc(-c2cccs2)cc(C(F)(F)F)n1. The molecule has 1 aliphatic rings. The van der Waals surface area contributed by atoms with Gasteiger partial charge in [-0.25, -0.2) is 9.97 Å². The number of likely N-dealkylation sites (tertiary alicyclic amines) is 1. The molecule has 0 spiro atoms. The summed E-state index contributed by atoms with van der Waals surface area (Å²) in [5, 5.41) is 1.75. The zero-order valence-electron chi connectivity index (χ0n) is 15.0. The molecule has 146 valence electrons. The predicted molar refractivity (Wildman–Crippen MR) is 101 cm³/mol. The third-order valence-electron chi connectivity index (χ3n) is 4.58. The van der Waals surface area contributed by atoms with Crippen LogP contribution in [0, 0.1) is 0 Å². The van der Waals surface area contributed by atoms with E-state index in [-0.39, 0.29) is 34.6 Å². The lowest BCUT2D eigenvalue weighted by Crippen LogP contribution is -2.48. The number of rotatable bonds is 4. The molecule has 0 aliphatic carbocycles. The zero-order valence-corrected chi connectivity index (χ0v) is 16.6. The average Bonchev–Trinajstić information content (AvgIpc) is 3.13. The van der Waals surface area contributed by atoms with Crippen molar-refractivity contribution in [1.29, 1.82) is 0 Å². The Balaban J connectivity index is 1.79. The van der Waals surface area contributed by atoms with Gasteiger partial charge < -0.3 is 4.90 Å². The molecule has 1 fully saturated rings. The van der Waals surface area contributed by atoms with Gasteiger partial charge in [0.25, 0.3) is 0 Å². The normalized spacial score (nSPS) is 20.7. The van der Waals surface area contributed by atoms with Crippen LogP contribution in [-0.2, 0) is 11.0 Å². The van der Waals surface area contributed by atoms with Crippen LogP contribution in [0.4, 0.5) is 13.2 Å². The van der Waals surface area contributed by atoms with Crippen molar-refractivity contribution in [3.63, 3.8) is 0 Å². The lowest BCUT2D eigenvalue weighted by atomic mass is 9.98. The number of nitrogens with zero attached hydrogens (tertiary/aromatic N) is 3. The second-order valence-corrected chi connectivity index (χ2v) is 8.50. The highest BCUT2D eigenvalue weighted by molar-refractivity contribution is 7.99. The maximum atomic E-state index is 13.2. The van der Waals surface area contributed by atoms with Gasteiger partial charge in [-0.15, -0.1) is 11.3 Å². The van der Waals surface area contributed by atoms with E-state index in [4.69, 9.17) is 0 Å². The van der Waals surface area contributed by atoms with Crippen LogP contribution in [-0.4, -0.2) is 38.6 Å². The molecule has 0 N–H and O–H groups in total. The standard InChI is InChI=1S/C18H20F3N3OS2/c1-11-5-3-6-12(2)24(11)16(25)10-27-17-22-13(14-7-4-8-26-14)9-15(23-17)18(19,20)21/h4,7-9,11-12H,3,5-6,10H2,1-2H3/t11-,12+. The Kier molecular flexibility index (Phi) is 6.10. The van der Waals surface area contributed by atoms with E-state index in [2.05, 4.69) is 9.97 Å². The Bertz CT molecular complexity index is 786. The Labute approximate surface area is 164 Å². The number of hydrogen-bond donors (Lipinski definition) is 0. The lowest BCUT2D eigenvalue weighted by molar-refractivity contribution is -0.141. The van der Waals surface area contributed by atoms with Crippen LogP contribution in [0.1, 0.15) is 38.8 Å². The van der Waals surface area contributed by atoms with E-state index in [1.165, 1.54) is 11.3 Å². The summed E-state index contributed by atoms with van der Waals surface area (Å²) in [5.41, 5.74) is -0.766. The second-order valence-electron chi connectivity index (χ2n) is 6.61. The van der Waals surface area contributed by atoms with Crippen molar-refractivity contribution in [3.05, 3.63) is 29.3 Å². The van der Waals surface area contributed by atoms with E-state index in [1.54, 1.807) is 17.5 Å². The first-order valence-electron chi connectivity index (χ1n) is 8.70. The molecule has 9 heteroatoms. The highest BCUT2D eigenvalue weighted by Gasteiger charge is 2.34. The Morgan fingerprint density at radius 1 is 1.30 bits per heavy atom. The van der Waals surface area contributed by atoms with Gasteiger partial charge in [0.2, 0.25) is 5.91 Å². The number of thioether (sulfide) groups is 1. The average molecular weight is 416 g/mol. The Morgan fingerprint density at radius 2 is 2.00 bits per heavy atom. The van der Waals surface area contributed by atoms with E-state index in [0.717, 1.165) is 37.1 Å². The van der Waals surface area contributed by atoms with E-state index < -0.39 is 11.9 Å². The van der Waals surface area contributed by atoms with Crippen LogP contribution in [0.5, 0.6) is 0 Å². The maximum absolute atomic E-state index is 13.2. The third-order valence-corrected chi connectivity index (χ3v) is 6.30. The predicted octanol–water partition coefficient (Wildman–Crippen LogP) is 5.11. The summed E-state index contributed by atoms with van der Waals surface area (Å²) in [7, 11) is 0. The first-order chi connectivity index (χ1) is 12.8. The van der Waals surface area contributed by atoms with E-state index in [0.29, 0.717) is 4.88 Å². The molecule has 1 aliphatic heterocycles. The van der Waals surface area contributed by atoms with Gasteiger partial charge in [-0.1, -0.05) is 17.8 Å². The van der Waals surface area contributed by atoms with Gasteiger partial charge in [0.15, 0.2) is 5.16 Å². The molecule has 1 saturated heterocycles. The summed E-state index contributed by atoms with van der Waals surface area (Å²) in [6, 6.07) is 4.71. The van der Waals surface area contributed by atoms with E-state index >= 15 is 0 Å². The summed E-state index contributed by atoms with van der Waals surface area (Å²) in [4.78, 5) is 23.0. The summed E-state index contributed by atoms with van der Waals surface area (Å²) in [6.07, 6.45) is -1.59. The third kappa shape index (κ3) is 4.82. The van der Waals surface area contributed by atoms with Gasteiger partial charge in [0.05, 0.1) is 16.3 Å². The van der Waals surface area contributed by atoms with Crippen molar-refractivity contribution in [2.45, 2.75) is 56.5 Å². The van der Waals surface area contributed by atoms with E-state index in [9.17, 15) is 18.0 Å². The molecule has 0 bridgehead atoms. The zero-order chi connectivity index (χ0) is 19.6. The van der Waals surface area contributed by atoms with Gasteiger partial charge >= 0.3 is 6.18 Å². The molecule has 3 heterocycles. The van der Waals surface area contributed by atoms with Crippen LogP contribution in [0.15, 0.2) is 28.7 Å². The highest BCUT2D eigenvalue weighted by atomic mass is 32.2.